The van der Waals surface area contributed by atoms with E-state index in [4.69, 9.17) is 0 Å². The molecule has 0 aliphatic rings. The Balaban J connectivity index is 0. The van der Waals surface area contributed by atoms with E-state index in [9.17, 15) is 4.79 Å². The fourth-order valence-electron chi connectivity index (χ4n) is 0.506. The van der Waals surface area contributed by atoms with Crippen LogP contribution in [0.25, 0.3) is 0 Å². The molecule has 0 aliphatic carbocycles. The van der Waals surface area contributed by atoms with Crippen LogP contribution in [-0.4, -0.2) is 22.9 Å². The molecule has 1 heterocycles. The zero-order valence-corrected chi connectivity index (χ0v) is 9.80. The maximum Gasteiger partial charge on any atom is 2.00 e. The molecule has 1 rings (SSSR count). The monoisotopic (exact) mass is 335 g/mol. The van der Waals surface area contributed by atoms with Crippen molar-refractivity contribution in [1.82, 2.24) is 15.3 Å². The predicted octanol–water partition coefficient (Wildman–Crippen LogP) is 0.0842. The Labute approximate surface area is 86.1 Å². The molecule has 1 amide bonds. The first kappa shape index (κ1) is 13.8. The molecule has 0 radical (unpaired) electrons. The van der Waals surface area contributed by atoms with Crippen LogP contribution in [0.5, 0.6) is 0 Å². The van der Waals surface area contributed by atoms with Crippen LogP contribution in [0.15, 0.2) is 12.4 Å². The van der Waals surface area contributed by atoms with Gasteiger partial charge in [0.2, 0.25) is 0 Å². The van der Waals surface area contributed by atoms with E-state index in [1.807, 2.05) is 0 Å². The van der Waals surface area contributed by atoms with Crippen molar-refractivity contribution in [2.24, 2.45) is 0 Å². The molecule has 0 saturated carbocycles. The summed E-state index contributed by atoms with van der Waals surface area (Å²) in [6.07, 6.45) is 5.23. The molecular weight excluding hydrogens is 326 g/mol. The van der Waals surface area contributed by atoms with Crippen molar-refractivity contribution in [2.45, 2.75) is 0 Å². The Morgan fingerprint density at radius 3 is 2.75 bits per heavy atom. The number of hydrogen-bond acceptors (Lipinski definition) is 3. The van der Waals surface area contributed by atoms with Crippen LogP contribution in [0.1, 0.15) is 10.5 Å². The normalized spacial score (nSPS) is 7.42. The first-order valence-corrected chi connectivity index (χ1v) is 2.75. The van der Waals surface area contributed by atoms with Crippen LogP contribution in [0.2, 0.25) is 0 Å². The minimum atomic E-state index is -0.246. The number of aromatic nitrogens is 2. The molecule has 4 nitrogen and oxygen atoms in total. The molecule has 12 heavy (non-hydrogen) atoms. The summed E-state index contributed by atoms with van der Waals surface area (Å²) in [6, 6.07) is 0. The first-order valence-electron chi connectivity index (χ1n) is 2.75. The molecule has 0 unspecified atom stereocenters. The van der Waals surface area contributed by atoms with E-state index in [2.05, 4.69) is 21.5 Å². The molecule has 0 aromatic carbocycles. The summed E-state index contributed by atoms with van der Waals surface area (Å²) in [6.45, 7) is 0. The molecule has 0 bridgehead atoms. The molecule has 0 spiro atoms. The van der Waals surface area contributed by atoms with Crippen molar-refractivity contribution < 1.29 is 25.9 Å². The van der Waals surface area contributed by atoms with Gasteiger partial charge >= 0.3 is 21.1 Å². The summed E-state index contributed by atoms with van der Waals surface area (Å²) in [7, 11) is 1.54. The van der Waals surface area contributed by atoms with Crippen molar-refractivity contribution in [3.63, 3.8) is 0 Å². The Morgan fingerprint density at radius 1 is 1.67 bits per heavy atom. The Morgan fingerprint density at radius 2 is 2.33 bits per heavy atom. The number of carbonyl (C=O) groups is 1. The fourth-order valence-corrected chi connectivity index (χ4v) is 0.506. The number of amides is 1. The van der Waals surface area contributed by atoms with Crippen molar-refractivity contribution in [1.29, 1.82) is 0 Å². The maximum absolute atomic E-state index is 10.8. The van der Waals surface area contributed by atoms with E-state index in [0.717, 1.165) is 0 Å². The molecule has 0 aliphatic heterocycles. The number of carbonyl (C=O) groups excluding carboxylic acids is 1. The van der Waals surface area contributed by atoms with Crippen molar-refractivity contribution in [3.8, 4) is 0 Å². The standard InChI is InChI=1S/C6H6N3O.CH3.W/c1-7-6(10)5-4-8-2-3-9-5;;/h2,4H,1H3,(H,7,10);1H3;/q2*-1;+2. The summed E-state index contributed by atoms with van der Waals surface area (Å²) in [5, 5.41) is 2.42. The van der Waals surface area contributed by atoms with Crippen LogP contribution >= 0.6 is 0 Å². The minimum Gasteiger partial charge on any atom is -0.445 e. The molecule has 5 heteroatoms. The van der Waals surface area contributed by atoms with Gasteiger partial charge in [-0.2, -0.15) is 0 Å². The third-order valence-corrected chi connectivity index (χ3v) is 0.974. The zero-order chi connectivity index (χ0) is 7.40. The van der Waals surface area contributed by atoms with Crippen LogP contribution in [-0.2, 0) is 21.1 Å². The Bertz CT molecular complexity index is 227. The van der Waals surface area contributed by atoms with Crippen molar-refractivity contribution >= 4 is 5.91 Å². The minimum absolute atomic E-state index is 0. The van der Waals surface area contributed by atoms with Gasteiger partial charge in [0.25, 0.3) is 0 Å². The quantitative estimate of drug-likeness (QED) is 0.740. The van der Waals surface area contributed by atoms with E-state index in [0.29, 0.717) is 0 Å². The fraction of sp³-hybridized carbons (Fsp3) is 0.143. The number of hydrogen-bond donors (Lipinski definition) is 1. The molecule has 64 valence electrons. The van der Waals surface area contributed by atoms with Gasteiger partial charge in [-0.25, -0.2) is 0 Å². The Kier molecular flexibility index (Phi) is 7.96. The number of nitrogens with zero attached hydrogens (tertiary/aromatic N) is 2. The molecule has 0 fully saturated rings. The van der Waals surface area contributed by atoms with Gasteiger partial charge in [-0.3, -0.25) is 4.79 Å². The summed E-state index contributed by atoms with van der Waals surface area (Å²) >= 11 is 0. The van der Waals surface area contributed by atoms with Gasteiger partial charge in [-0.05, 0) is 18.1 Å². The summed E-state index contributed by atoms with van der Waals surface area (Å²) < 4.78 is 0. The molecule has 0 saturated heterocycles. The first-order chi connectivity index (χ1) is 4.84. The molecule has 0 atom stereocenters. The predicted molar refractivity (Wildman–Crippen MR) is 40.7 cm³/mol. The molecule has 1 aromatic rings. The second kappa shape index (κ2) is 6.92. The zero-order valence-electron chi connectivity index (χ0n) is 6.87. The summed E-state index contributed by atoms with van der Waals surface area (Å²) in [4.78, 5) is 18.1. The van der Waals surface area contributed by atoms with E-state index >= 15 is 0 Å². The van der Waals surface area contributed by atoms with Crippen LogP contribution in [0, 0.1) is 13.6 Å². The van der Waals surface area contributed by atoms with Gasteiger partial charge in [-0.15, -0.1) is 6.20 Å². The number of nitrogens with one attached hydrogen (secondary N) is 1. The van der Waals surface area contributed by atoms with Crippen LogP contribution < -0.4 is 5.32 Å². The smallest absolute Gasteiger partial charge is 0.445 e. The molecular formula is C7H9N3OW. The average molecular weight is 335 g/mol. The third kappa shape index (κ3) is 3.58. The van der Waals surface area contributed by atoms with Crippen LogP contribution in [0.4, 0.5) is 0 Å². The van der Waals surface area contributed by atoms with Gasteiger partial charge in [0.1, 0.15) is 0 Å². The van der Waals surface area contributed by atoms with Crippen molar-refractivity contribution in [3.05, 3.63) is 31.7 Å². The maximum atomic E-state index is 10.8. The molecule has 1 N–H and O–H groups in total. The number of rotatable bonds is 1. The summed E-state index contributed by atoms with van der Waals surface area (Å²) in [5.74, 6) is -0.246. The second-order valence-corrected chi connectivity index (χ2v) is 1.61. The largest absolute Gasteiger partial charge is 2.00 e. The van der Waals surface area contributed by atoms with Gasteiger partial charge in [-0.1, -0.05) is 0 Å². The van der Waals surface area contributed by atoms with E-state index in [-0.39, 0.29) is 40.1 Å². The SMILES string of the molecule is CNC(=O)c1cnc[c-]n1.[CH3-].[W+2]. The van der Waals surface area contributed by atoms with E-state index in [1.54, 1.807) is 0 Å². The van der Waals surface area contributed by atoms with E-state index < -0.39 is 0 Å². The summed E-state index contributed by atoms with van der Waals surface area (Å²) in [5.41, 5.74) is 0.282. The second-order valence-electron chi connectivity index (χ2n) is 1.61. The van der Waals surface area contributed by atoms with Gasteiger partial charge in [0.15, 0.2) is 5.91 Å². The van der Waals surface area contributed by atoms with Crippen LogP contribution in [0.3, 0.4) is 0 Å². The topological polar surface area (TPSA) is 54.9 Å². The Hall–Kier alpha value is -0.762. The van der Waals surface area contributed by atoms with Gasteiger partial charge in [0, 0.05) is 7.05 Å². The van der Waals surface area contributed by atoms with Gasteiger partial charge in [0.05, 0.1) is 0 Å². The molecule has 1 aromatic heterocycles. The average Bonchev–Trinajstić information content (AvgIpc) is 2.05. The third-order valence-electron chi connectivity index (χ3n) is 0.974. The van der Waals surface area contributed by atoms with Crippen molar-refractivity contribution in [2.75, 3.05) is 7.05 Å². The van der Waals surface area contributed by atoms with Gasteiger partial charge < -0.3 is 22.7 Å². The van der Waals surface area contributed by atoms with E-state index in [1.165, 1.54) is 19.4 Å².